The Morgan fingerprint density at radius 3 is 2.33 bits per heavy atom. The quantitative estimate of drug-likeness (QED) is 0.783. The van der Waals surface area contributed by atoms with Crippen molar-refractivity contribution in [2.75, 3.05) is 0 Å². The van der Waals surface area contributed by atoms with Gasteiger partial charge < -0.3 is 9.47 Å². The maximum absolute atomic E-state index is 5.85. The molecule has 1 saturated carbocycles. The van der Waals surface area contributed by atoms with Crippen LogP contribution in [0.4, 0.5) is 0 Å². The molecular formula is C12H19BrO2. The van der Waals surface area contributed by atoms with E-state index in [1.165, 1.54) is 6.42 Å². The fourth-order valence-electron chi connectivity index (χ4n) is 2.66. The van der Waals surface area contributed by atoms with Crippen LogP contribution in [0.25, 0.3) is 0 Å². The van der Waals surface area contributed by atoms with Gasteiger partial charge in [0.2, 0.25) is 0 Å². The molecule has 3 atom stereocenters. The summed E-state index contributed by atoms with van der Waals surface area (Å²) in [6.45, 7) is 7.87. The van der Waals surface area contributed by atoms with Crippen LogP contribution in [-0.4, -0.2) is 18.0 Å². The molecule has 2 nitrogen and oxygen atoms in total. The number of ether oxygens (including phenoxy) is 2. The molecule has 0 bridgehead atoms. The minimum absolute atomic E-state index is 0.327. The summed E-state index contributed by atoms with van der Waals surface area (Å²) in [7, 11) is 0. The third kappa shape index (κ3) is 2.83. The summed E-state index contributed by atoms with van der Waals surface area (Å²) >= 11 is 3.40. The topological polar surface area (TPSA) is 18.5 Å². The van der Waals surface area contributed by atoms with Crippen molar-refractivity contribution in [3.05, 3.63) is 11.1 Å². The smallest absolute Gasteiger partial charge is 0.163 e. The van der Waals surface area contributed by atoms with E-state index in [2.05, 4.69) is 22.5 Å². The molecule has 0 N–H and O–H groups in total. The predicted octanol–water partition coefficient (Wildman–Crippen LogP) is 3.61. The van der Waals surface area contributed by atoms with Crippen LogP contribution >= 0.6 is 15.9 Å². The van der Waals surface area contributed by atoms with E-state index < -0.39 is 0 Å². The van der Waals surface area contributed by atoms with Gasteiger partial charge in [-0.25, -0.2) is 0 Å². The third-order valence-electron chi connectivity index (χ3n) is 3.24. The molecule has 1 aliphatic heterocycles. The van der Waals surface area contributed by atoms with E-state index in [0.717, 1.165) is 29.7 Å². The highest BCUT2D eigenvalue weighted by Gasteiger charge is 2.46. The van der Waals surface area contributed by atoms with Gasteiger partial charge in [0, 0.05) is 0 Å². The van der Waals surface area contributed by atoms with Crippen molar-refractivity contribution in [3.63, 3.8) is 0 Å². The van der Waals surface area contributed by atoms with Crippen LogP contribution in [0.2, 0.25) is 0 Å². The first-order valence-corrected chi connectivity index (χ1v) is 6.44. The second kappa shape index (κ2) is 4.19. The van der Waals surface area contributed by atoms with E-state index in [-0.39, 0.29) is 5.79 Å². The van der Waals surface area contributed by atoms with E-state index in [0.29, 0.717) is 12.2 Å². The van der Waals surface area contributed by atoms with Gasteiger partial charge in [0.05, 0.1) is 12.2 Å². The summed E-state index contributed by atoms with van der Waals surface area (Å²) in [5, 5.41) is 0. The first-order chi connectivity index (χ1) is 6.96. The normalized spacial score (nSPS) is 37.9. The summed E-state index contributed by atoms with van der Waals surface area (Å²) in [5.41, 5.74) is 0. The molecule has 86 valence electrons. The molecule has 0 aromatic rings. The number of hydrogen-bond donors (Lipinski definition) is 0. The molecule has 0 aromatic heterocycles. The Morgan fingerprint density at radius 2 is 1.87 bits per heavy atom. The highest BCUT2D eigenvalue weighted by molar-refractivity contribution is 9.11. The monoisotopic (exact) mass is 274 g/mol. The summed E-state index contributed by atoms with van der Waals surface area (Å²) in [5.74, 6) is 0.379. The van der Waals surface area contributed by atoms with E-state index in [4.69, 9.17) is 9.47 Å². The lowest BCUT2D eigenvalue weighted by molar-refractivity contribution is -0.153. The molecule has 1 saturated heterocycles. The molecule has 1 heterocycles. The zero-order chi connectivity index (χ0) is 11.1. The van der Waals surface area contributed by atoms with Gasteiger partial charge in [-0.15, -0.1) is 0 Å². The average molecular weight is 275 g/mol. The van der Waals surface area contributed by atoms with Gasteiger partial charge in [-0.05, 0) is 49.9 Å². The minimum Gasteiger partial charge on any atom is -0.345 e. The Hall–Kier alpha value is 0.140. The number of hydrogen-bond acceptors (Lipinski definition) is 2. The van der Waals surface area contributed by atoms with Crippen LogP contribution in [0.1, 0.15) is 39.5 Å². The number of halogens is 1. The largest absolute Gasteiger partial charge is 0.345 e. The van der Waals surface area contributed by atoms with Crippen molar-refractivity contribution in [2.45, 2.75) is 57.5 Å². The van der Waals surface area contributed by atoms with Gasteiger partial charge in [0.25, 0.3) is 0 Å². The number of allylic oxidation sites excluding steroid dienone is 1. The highest BCUT2D eigenvalue weighted by Crippen LogP contribution is 2.42. The maximum atomic E-state index is 5.85. The Kier molecular flexibility index (Phi) is 3.25. The van der Waals surface area contributed by atoms with Gasteiger partial charge >= 0.3 is 0 Å². The van der Waals surface area contributed by atoms with E-state index in [1.807, 2.05) is 13.8 Å². The van der Waals surface area contributed by atoms with Gasteiger partial charge in [-0.3, -0.25) is 0 Å². The summed E-state index contributed by atoms with van der Waals surface area (Å²) in [4.78, 5) is 0. The Labute approximate surface area is 100 Å². The fourth-order valence-corrected chi connectivity index (χ4v) is 2.89. The first kappa shape index (κ1) is 11.6. The lowest BCUT2D eigenvalue weighted by atomic mass is 10.0. The minimum atomic E-state index is -0.362. The van der Waals surface area contributed by atoms with E-state index in [1.54, 1.807) is 0 Å². The van der Waals surface area contributed by atoms with Crippen LogP contribution in [0.15, 0.2) is 11.1 Å². The van der Waals surface area contributed by atoms with Crippen LogP contribution in [0.3, 0.4) is 0 Å². The number of rotatable bonds is 3. The molecule has 2 rings (SSSR count). The third-order valence-corrected chi connectivity index (χ3v) is 3.64. The van der Waals surface area contributed by atoms with Gasteiger partial charge in [-0.1, -0.05) is 22.5 Å². The summed E-state index contributed by atoms with van der Waals surface area (Å²) in [6.07, 6.45) is 5.21. The Morgan fingerprint density at radius 1 is 1.33 bits per heavy atom. The average Bonchev–Trinajstić information content (AvgIpc) is 2.53. The van der Waals surface area contributed by atoms with Gasteiger partial charge in [-0.2, -0.15) is 0 Å². The molecule has 15 heavy (non-hydrogen) atoms. The summed E-state index contributed by atoms with van der Waals surface area (Å²) < 4.78 is 12.8. The second-order valence-corrected chi connectivity index (χ2v) is 6.23. The molecule has 1 aliphatic carbocycles. The molecule has 0 aromatic carbocycles. The van der Waals surface area contributed by atoms with Crippen molar-refractivity contribution in [1.82, 2.24) is 0 Å². The van der Waals surface area contributed by atoms with Crippen LogP contribution in [0, 0.1) is 5.92 Å². The molecule has 0 amide bonds. The summed E-state index contributed by atoms with van der Waals surface area (Å²) in [6, 6.07) is 0. The van der Waals surface area contributed by atoms with Crippen molar-refractivity contribution in [1.29, 1.82) is 0 Å². The van der Waals surface area contributed by atoms with Crippen molar-refractivity contribution < 1.29 is 9.47 Å². The predicted molar refractivity (Wildman–Crippen MR) is 63.9 cm³/mol. The number of fused-ring (bicyclic) bond motifs is 1. The SMILES string of the molecule is C=C(Br)CCC1C[C@@H]2OC(C)(C)O[C@@H]2C1. The van der Waals surface area contributed by atoms with Crippen molar-refractivity contribution >= 4 is 15.9 Å². The van der Waals surface area contributed by atoms with E-state index >= 15 is 0 Å². The van der Waals surface area contributed by atoms with Crippen LogP contribution < -0.4 is 0 Å². The van der Waals surface area contributed by atoms with Crippen molar-refractivity contribution in [3.8, 4) is 0 Å². The lowest BCUT2D eigenvalue weighted by Gasteiger charge is -2.20. The second-order valence-electron chi connectivity index (χ2n) is 5.11. The first-order valence-electron chi connectivity index (χ1n) is 5.65. The standard InChI is InChI=1S/C12H19BrO2/c1-8(13)4-5-9-6-10-11(7-9)15-12(2,3)14-10/h9-11H,1,4-7H2,2-3H3/t9?,10-,11+. The zero-order valence-electron chi connectivity index (χ0n) is 9.46. The van der Waals surface area contributed by atoms with Gasteiger partial charge in [0.15, 0.2) is 5.79 Å². The van der Waals surface area contributed by atoms with Crippen molar-refractivity contribution in [2.24, 2.45) is 5.92 Å². The zero-order valence-corrected chi connectivity index (χ0v) is 11.0. The molecular weight excluding hydrogens is 256 g/mol. The molecule has 0 spiro atoms. The van der Waals surface area contributed by atoms with Crippen LogP contribution in [-0.2, 0) is 9.47 Å². The maximum Gasteiger partial charge on any atom is 0.163 e. The van der Waals surface area contributed by atoms with Gasteiger partial charge in [0.1, 0.15) is 0 Å². The molecule has 1 unspecified atom stereocenters. The van der Waals surface area contributed by atoms with E-state index in [9.17, 15) is 0 Å². The molecule has 0 radical (unpaired) electrons. The Bertz CT molecular complexity index is 246. The fraction of sp³-hybridized carbons (Fsp3) is 0.833. The highest BCUT2D eigenvalue weighted by atomic mass is 79.9. The van der Waals surface area contributed by atoms with Crippen LogP contribution in [0.5, 0.6) is 0 Å². The lowest BCUT2D eigenvalue weighted by Crippen LogP contribution is -2.23. The molecule has 2 fully saturated rings. The molecule has 3 heteroatoms. The Balaban J connectivity index is 1.81. The molecule has 2 aliphatic rings.